The summed E-state index contributed by atoms with van der Waals surface area (Å²) < 4.78 is 14.9. The molecule has 0 saturated carbocycles. The van der Waals surface area contributed by atoms with E-state index in [9.17, 15) is 14.0 Å². The Morgan fingerprint density at radius 1 is 1.10 bits per heavy atom. The molecule has 2 aromatic carbocycles. The van der Waals surface area contributed by atoms with E-state index in [1.807, 2.05) is 49.1 Å². The lowest BCUT2D eigenvalue weighted by Crippen LogP contribution is -2.41. The zero-order valence-corrected chi connectivity index (χ0v) is 17.5. The molecule has 31 heavy (non-hydrogen) atoms. The lowest BCUT2D eigenvalue weighted by atomic mass is 10.1. The molecule has 7 heteroatoms. The van der Waals surface area contributed by atoms with Crippen molar-refractivity contribution in [3.63, 3.8) is 0 Å². The van der Waals surface area contributed by atoms with Crippen LogP contribution in [0.15, 0.2) is 54.6 Å². The number of aryl methyl sites for hydroxylation is 1. The maximum Gasteiger partial charge on any atom is 0.273 e. The Balaban J connectivity index is 1.40. The minimum atomic E-state index is -0.368. The van der Waals surface area contributed by atoms with Gasteiger partial charge < -0.3 is 9.80 Å². The molecule has 0 aliphatic carbocycles. The Morgan fingerprint density at radius 2 is 1.81 bits per heavy atom. The number of carbonyl (C=O) groups excluding carboxylic acids is 2. The standard InChI is InChI=1S/C24H23FN4O2/c1-15-21-16(2)28(24(31)22(21)29(26-15)19-6-4-3-5-7-19)20-12-13-27(14-20)23(30)17-8-10-18(25)11-9-17/h3-11,16,20H,12-14H2,1-2H3. The first-order chi connectivity index (χ1) is 15.0. The van der Waals surface area contributed by atoms with E-state index in [0.717, 1.165) is 16.9 Å². The third kappa shape index (κ3) is 3.12. The van der Waals surface area contributed by atoms with Gasteiger partial charge in [0.25, 0.3) is 11.8 Å². The molecule has 2 amide bonds. The molecule has 158 valence electrons. The number of fused-ring (bicyclic) bond motifs is 1. The molecule has 6 nitrogen and oxygen atoms in total. The summed E-state index contributed by atoms with van der Waals surface area (Å²) in [5, 5.41) is 4.63. The molecule has 3 heterocycles. The van der Waals surface area contributed by atoms with Gasteiger partial charge >= 0.3 is 0 Å². The summed E-state index contributed by atoms with van der Waals surface area (Å²) in [5.41, 5.74) is 3.73. The number of para-hydroxylation sites is 1. The second-order valence-electron chi connectivity index (χ2n) is 8.18. The quantitative estimate of drug-likeness (QED) is 0.651. The maximum atomic E-state index is 13.5. The van der Waals surface area contributed by atoms with E-state index in [1.165, 1.54) is 24.3 Å². The second kappa shape index (κ2) is 7.34. The van der Waals surface area contributed by atoms with Crippen LogP contribution in [-0.2, 0) is 0 Å². The van der Waals surface area contributed by atoms with Gasteiger partial charge in [-0.2, -0.15) is 5.10 Å². The van der Waals surface area contributed by atoms with Crippen molar-refractivity contribution in [2.24, 2.45) is 0 Å². The molecule has 2 aliphatic heterocycles. The molecule has 3 aromatic rings. The van der Waals surface area contributed by atoms with E-state index < -0.39 is 0 Å². The summed E-state index contributed by atoms with van der Waals surface area (Å²) in [6.45, 7) is 4.99. The zero-order valence-electron chi connectivity index (χ0n) is 17.5. The van der Waals surface area contributed by atoms with Crippen LogP contribution in [0.1, 0.15) is 51.5 Å². The third-order valence-corrected chi connectivity index (χ3v) is 6.31. The minimum absolute atomic E-state index is 0.0481. The van der Waals surface area contributed by atoms with Crippen molar-refractivity contribution in [3.8, 4) is 5.69 Å². The Hall–Kier alpha value is -3.48. The van der Waals surface area contributed by atoms with Crippen molar-refractivity contribution >= 4 is 11.8 Å². The normalized spacial score (nSPS) is 20.4. The summed E-state index contributed by atoms with van der Waals surface area (Å²) in [6, 6.07) is 15.1. The van der Waals surface area contributed by atoms with Crippen LogP contribution in [0, 0.1) is 12.7 Å². The average Bonchev–Trinajstić information content (AvgIpc) is 3.45. The van der Waals surface area contributed by atoms with Crippen LogP contribution in [0.25, 0.3) is 5.69 Å². The minimum Gasteiger partial charge on any atom is -0.337 e. The van der Waals surface area contributed by atoms with Gasteiger partial charge in [0.05, 0.1) is 23.5 Å². The molecule has 1 aromatic heterocycles. The van der Waals surface area contributed by atoms with Crippen LogP contribution in [0.3, 0.4) is 0 Å². The lowest BCUT2D eigenvalue weighted by Gasteiger charge is -2.29. The molecule has 2 aliphatic rings. The van der Waals surface area contributed by atoms with Crippen molar-refractivity contribution < 1.29 is 14.0 Å². The summed E-state index contributed by atoms with van der Waals surface area (Å²) in [7, 11) is 0. The largest absolute Gasteiger partial charge is 0.337 e. The first-order valence-corrected chi connectivity index (χ1v) is 10.5. The van der Waals surface area contributed by atoms with Gasteiger partial charge in [-0.25, -0.2) is 9.07 Å². The molecule has 0 spiro atoms. The number of likely N-dealkylation sites (tertiary alicyclic amines) is 1. The molecular weight excluding hydrogens is 395 g/mol. The van der Waals surface area contributed by atoms with Gasteiger partial charge in [-0.1, -0.05) is 18.2 Å². The fourth-order valence-electron chi connectivity index (χ4n) is 4.85. The first-order valence-electron chi connectivity index (χ1n) is 10.5. The summed E-state index contributed by atoms with van der Waals surface area (Å²) in [5.74, 6) is -0.549. The highest BCUT2D eigenvalue weighted by Crippen LogP contribution is 2.39. The van der Waals surface area contributed by atoms with Crippen LogP contribution in [0.4, 0.5) is 4.39 Å². The van der Waals surface area contributed by atoms with E-state index >= 15 is 0 Å². The highest BCUT2D eigenvalue weighted by Gasteiger charge is 2.45. The van der Waals surface area contributed by atoms with Gasteiger partial charge in [0, 0.05) is 24.2 Å². The number of hydrogen-bond acceptors (Lipinski definition) is 3. The van der Waals surface area contributed by atoms with Gasteiger partial charge in [-0.3, -0.25) is 9.59 Å². The highest BCUT2D eigenvalue weighted by atomic mass is 19.1. The highest BCUT2D eigenvalue weighted by molar-refractivity contribution is 5.99. The monoisotopic (exact) mass is 418 g/mol. The van der Waals surface area contributed by atoms with Gasteiger partial charge in [0.2, 0.25) is 0 Å². The predicted molar refractivity (Wildman–Crippen MR) is 114 cm³/mol. The van der Waals surface area contributed by atoms with Gasteiger partial charge in [-0.05, 0) is 56.7 Å². The van der Waals surface area contributed by atoms with Crippen LogP contribution in [-0.4, -0.2) is 50.5 Å². The summed E-state index contributed by atoms with van der Waals surface area (Å²) in [6.07, 6.45) is 0.713. The van der Waals surface area contributed by atoms with Crippen LogP contribution >= 0.6 is 0 Å². The average molecular weight is 418 g/mol. The second-order valence-corrected chi connectivity index (χ2v) is 8.18. The predicted octanol–water partition coefficient (Wildman–Crippen LogP) is 3.75. The number of carbonyl (C=O) groups is 2. The molecule has 0 N–H and O–H groups in total. The topological polar surface area (TPSA) is 58.4 Å². The number of hydrogen-bond donors (Lipinski definition) is 0. The van der Waals surface area contributed by atoms with Crippen LogP contribution in [0.2, 0.25) is 0 Å². The van der Waals surface area contributed by atoms with Crippen molar-refractivity contribution in [1.29, 1.82) is 0 Å². The summed E-state index contributed by atoms with van der Waals surface area (Å²) in [4.78, 5) is 30.0. The zero-order chi connectivity index (χ0) is 21.7. The molecule has 2 atom stereocenters. The SMILES string of the molecule is Cc1nn(-c2ccccc2)c2c1C(C)N(C1CCN(C(=O)c3ccc(F)cc3)C1)C2=O. The van der Waals surface area contributed by atoms with Gasteiger partial charge in [-0.15, -0.1) is 0 Å². The number of halogens is 1. The molecule has 0 radical (unpaired) electrons. The Morgan fingerprint density at radius 3 is 2.52 bits per heavy atom. The van der Waals surface area contributed by atoms with Gasteiger partial charge in [0.1, 0.15) is 11.5 Å². The van der Waals surface area contributed by atoms with E-state index in [1.54, 1.807) is 9.58 Å². The third-order valence-electron chi connectivity index (χ3n) is 6.31. The van der Waals surface area contributed by atoms with Crippen molar-refractivity contribution in [3.05, 3.63) is 82.9 Å². The molecule has 1 fully saturated rings. The molecular formula is C24H23FN4O2. The Bertz CT molecular complexity index is 1160. The lowest BCUT2D eigenvalue weighted by molar-refractivity contribution is 0.0618. The number of rotatable bonds is 3. The smallest absolute Gasteiger partial charge is 0.273 e. The fourth-order valence-corrected chi connectivity index (χ4v) is 4.85. The molecule has 5 rings (SSSR count). The van der Waals surface area contributed by atoms with E-state index in [-0.39, 0.29) is 29.7 Å². The summed E-state index contributed by atoms with van der Waals surface area (Å²) >= 11 is 0. The Kier molecular flexibility index (Phi) is 4.61. The van der Waals surface area contributed by atoms with Crippen molar-refractivity contribution in [2.45, 2.75) is 32.4 Å². The Labute approximate surface area is 179 Å². The fraction of sp³-hybridized carbons (Fsp3) is 0.292. The van der Waals surface area contributed by atoms with Crippen LogP contribution < -0.4 is 0 Å². The number of nitrogens with zero attached hydrogens (tertiary/aromatic N) is 4. The van der Waals surface area contributed by atoms with E-state index in [4.69, 9.17) is 0 Å². The van der Waals surface area contributed by atoms with Crippen molar-refractivity contribution in [2.75, 3.05) is 13.1 Å². The molecule has 0 bridgehead atoms. The molecule has 2 unspecified atom stereocenters. The molecule has 1 saturated heterocycles. The number of aromatic nitrogens is 2. The van der Waals surface area contributed by atoms with Crippen molar-refractivity contribution in [1.82, 2.24) is 19.6 Å². The number of amides is 2. The maximum absolute atomic E-state index is 13.5. The number of benzene rings is 2. The van der Waals surface area contributed by atoms with Crippen LogP contribution in [0.5, 0.6) is 0 Å². The van der Waals surface area contributed by atoms with E-state index in [2.05, 4.69) is 5.10 Å². The van der Waals surface area contributed by atoms with E-state index in [0.29, 0.717) is 30.8 Å². The first kappa shape index (κ1) is 19.5. The van der Waals surface area contributed by atoms with Gasteiger partial charge in [0.15, 0.2) is 0 Å².